The number of phenolic OH excluding ortho intramolecular Hbond substituents is 2. The van der Waals surface area contributed by atoms with E-state index in [9.17, 15) is 15.0 Å². The largest absolute Gasteiger partial charge is 0.507 e. The third-order valence-electron chi connectivity index (χ3n) is 2.60. The van der Waals surface area contributed by atoms with Crippen molar-refractivity contribution >= 4 is 34.2 Å². The lowest BCUT2D eigenvalue weighted by Gasteiger charge is -2.09. The highest BCUT2D eigenvalue weighted by Crippen LogP contribution is 2.26. The molecule has 4 nitrogen and oxygen atoms in total. The van der Waals surface area contributed by atoms with Gasteiger partial charge in [-0.15, -0.1) is 0 Å². The summed E-state index contributed by atoms with van der Waals surface area (Å²) in [6.45, 7) is 1.84. The molecule has 1 amide bonds. The van der Waals surface area contributed by atoms with Crippen LogP contribution in [0.1, 0.15) is 15.9 Å². The Bertz CT molecular complexity index is 641. The molecular formula is C14H12INO3. The number of halogens is 1. The molecule has 0 saturated heterocycles. The minimum absolute atomic E-state index is 0.00142. The van der Waals surface area contributed by atoms with Crippen LogP contribution in [0.2, 0.25) is 0 Å². The van der Waals surface area contributed by atoms with Crippen molar-refractivity contribution in [2.75, 3.05) is 5.32 Å². The van der Waals surface area contributed by atoms with E-state index in [0.29, 0.717) is 5.69 Å². The molecule has 0 spiro atoms. The van der Waals surface area contributed by atoms with Gasteiger partial charge in [0.15, 0.2) is 0 Å². The molecule has 5 heteroatoms. The van der Waals surface area contributed by atoms with Crippen molar-refractivity contribution in [2.24, 2.45) is 0 Å². The minimum atomic E-state index is -0.463. The zero-order chi connectivity index (χ0) is 14.0. The van der Waals surface area contributed by atoms with Gasteiger partial charge in [-0.1, -0.05) is 6.07 Å². The Hall–Kier alpha value is -1.76. The number of hydrogen-bond acceptors (Lipinski definition) is 3. The number of aryl methyl sites for hydroxylation is 1. The number of carbonyl (C=O) groups excluding carboxylic acids is 1. The highest BCUT2D eigenvalue weighted by atomic mass is 127. The molecule has 0 fully saturated rings. The second-order valence-corrected chi connectivity index (χ2v) is 5.38. The van der Waals surface area contributed by atoms with E-state index >= 15 is 0 Å². The summed E-state index contributed by atoms with van der Waals surface area (Å²) in [7, 11) is 0. The normalized spacial score (nSPS) is 10.2. The molecule has 0 aliphatic rings. The van der Waals surface area contributed by atoms with Crippen LogP contribution in [-0.4, -0.2) is 16.1 Å². The number of rotatable bonds is 2. The van der Waals surface area contributed by atoms with Crippen LogP contribution < -0.4 is 5.32 Å². The van der Waals surface area contributed by atoms with Crippen LogP contribution in [0.3, 0.4) is 0 Å². The zero-order valence-electron chi connectivity index (χ0n) is 10.1. The molecule has 0 atom stereocenters. The second-order valence-electron chi connectivity index (χ2n) is 4.14. The summed E-state index contributed by atoms with van der Waals surface area (Å²) >= 11 is 2.06. The standard InChI is InChI=1S/C14H12INO3/c1-8-2-4-11(13(18)6-8)16-14(19)10-7-9(15)3-5-12(10)17/h2-7,17-18H,1H3,(H,16,19). The molecule has 2 aromatic carbocycles. The molecule has 0 aliphatic heterocycles. The maximum absolute atomic E-state index is 12.0. The first kappa shape index (κ1) is 13.7. The third-order valence-corrected chi connectivity index (χ3v) is 3.28. The Labute approximate surface area is 124 Å². The Morgan fingerprint density at radius 3 is 2.53 bits per heavy atom. The topological polar surface area (TPSA) is 69.6 Å². The van der Waals surface area contributed by atoms with Crippen molar-refractivity contribution in [1.82, 2.24) is 0 Å². The van der Waals surface area contributed by atoms with E-state index in [1.54, 1.807) is 30.3 Å². The first-order valence-electron chi connectivity index (χ1n) is 5.57. The van der Waals surface area contributed by atoms with Crippen molar-refractivity contribution in [3.8, 4) is 11.5 Å². The summed E-state index contributed by atoms with van der Waals surface area (Å²) in [4.78, 5) is 12.0. The van der Waals surface area contributed by atoms with E-state index in [0.717, 1.165) is 9.13 Å². The quantitative estimate of drug-likeness (QED) is 0.562. The van der Waals surface area contributed by atoms with Crippen molar-refractivity contribution in [3.05, 3.63) is 51.1 Å². The van der Waals surface area contributed by atoms with E-state index in [-0.39, 0.29) is 17.1 Å². The molecule has 0 saturated carbocycles. The van der Waals surface area contributed by atoms with Crippen LogP contribution in [0.15, 0.2) is 36.4 Å². The Balaban J connectivity index is 2.28. The fourth-order valence-electron chi connectivity index (χ4n) is 1.63. The van der Waals surface area contributed by atoms with E-state index in [1.807, 2.05) is 6.92 Å². The molecule has 2 aromatic rings. The van der Waals surface area contributed by atoms with Crippen LogP contribution in [0, 0.1) is 10.5 Å². The average molecular weight is 369 g/mol. The lowest BCUT2D eigenvalue weighted by Crippen LogP contribution is -2.12. The second kappa shape index (κ2) is 5.48. The smallest absolute Gasteiger partial charge is 0.259 e. The van der Waals surface area contributed by atoms with Gasteiger partial charge >= 0.3 is 0 Å². The van der Waals surface area contributed by atoms with Crippen LogP contribution in [0.4, 0.5) is 5.69 Å². The van der Waals surface area contributed by atoms with Gasteiger partial charge in [0.25, 0.3) is 5.91 Å². The number of amides is 1. The number of anilines is 1. The monoisotopic (exact) mass is 369 g/mol. The number of hydrogen-bond donors (Lipinski definition) is 3. The predicted octanol–water partition coefficient (Wildman–Crippen LogP) is 3.26. The molecular weight excluding hydrogens is 357 g/mol. The van der Waals surface area contributed by atoms with E-state index < -0.39 is 5.91 Å². The molecule has 3 N–H and O–H groups in total. The van der Waals surface area contributed by atoms with Gasteiger partial charge in [0.1, 0.15) is 11.5 Å². The summed E-state index contributed by atoms with van der Waals surface area (Å²) < 4.78 is 0.841. The van der Waals surface area contributed by atoms with E-state index in [1.165, 1.54) is 6.07 Å². The Morgan fingerprint density at radius 1 is 1.11 bits per heavy atom. The van der Waals surface area contributed by atoms with Gasteiger partial charge in [0.2, 0.25) is 0 Å². The lowest BCUT2D eigenvalue weighted by molar-refractivity contribution is 0.102. The number of phenols is 2. The summed E-state index contributed by atoms with van der Waals surface area (Å²) in [6.07, 6.45) is 0. The van der Waals surface area contributed by atoms with Crippen molar-refractivity contribution in [1.29, 1.82) is 0 Å². The molecule has 0 unspecified atom stereocenters. The maximum atomic E-state index is 12.0. The van der Waals surface area contributed by atoms with Crippen LogP contribution in [0.5, 0.6) is 11.5 Å². The first-order chi connectivity index (χ1) is 8.97. The van der Waals surface area contributed by atoms with Gasteiger partial charge < -0.3 is 15.5 Å². The first-order valence-corrected chi connectivity index (χ1v) is 6.65. The third kappa shape index (κ3) is 3.17. The number of carbonyl (C=O) groups is 1. The van der Waals surface area contributed by atoms with Crippen LogP contribution >= 0.6 is 22.6 Å². The van der Waals surface area contributed by atoms with E-state index in [4.69, 9.17) is 0 Å². The predicted molar refractivity (Wildman–Crippen MR) is 81.6 cm³/mol. The van der Waals surface area contributed by atoms with Gasteiger partial charge in [-0.05, 0) is 65.4 Å². The molecule has 98 valence electrons. The zero-order valence-corrected chi connectivity index (χ0v) is 12.3. The fraction of sp³-hybridized carbons (Fsp3) is 0.0714. The van der Waals surface area contributed by atoms with Crippen molar-refractivity contribution in [3.63, 3.8) is 0 Å². The summed E-state index contributed by atoms with van der Waals surface area (Å²) in [5.74, 6) is -0.557. The maximum Gasteiger partial charge on any atom is 0.259 e. The van der Waals surface area contributed by atoms with Gasteiger partial charge in [0, 0.05) is 3.57 Å². The highest BCUT2D eigenvalue weighted by molar-refractivity contribution is 14.1. The molecule has 0 aromatic heterocycles. The van der Waals surface area contributed by atoms with Gasteiger partial charge in [0.05, 0.1) is 11.3 Å². The van der Waals surface area contributed by atoms with Crippen LogP contribution in [0.25, 0.3) is 0 Å². The van der Waals surface area contributed by atoms with E-state index in [2.05, 4.69) is 27.9 Å². The lowest BCUT2D eigenvalue weighted by atomic mass is 10.1. The molecule has 0 aliphatic carbocycles. The Morgan fingerprint density at radius 2 is 1.84 bits per heavy atom. The Kier molecular flexibility index (Phi) is 3.94. The summed E-state index contributed by atoms with van der Waals surface area (Å²) in [5, 5.41) is 22.0. The molecule has 2 rings (SSSR count). The van der Waals surface area contributed by atoms with Gasteiger partial charge in [-0.25, -0.2) is 0 Å². The molecule has 0 bridgehead atoms. The SMILES string of the molecule is Cc1ccc(NC(=O)c2cc(I)ccc2O)c(O)c1. The summed E-state index contributed by atoms with van der Waals surface area (Å²) in [6, 6.07) is 9.71. The number of aromatic hydroxyl groups is 2. The summed E-state index contributed by atoms with van der Waals surface area (Å²) in [5.41, 5.74) is 1.38. The number of nitrogens with one attached hydrogen (secondary N) is 1. The minimum Gasteiger partial charge on any atom is -0.507 e. The van der Waals surface area contributed by atoms with Gasteiger partial charge in [-0.2, -0.15) is 0 Å². The number of benzene rings is 2. The molecule has 0 heterocycles. The molecule has 0 radical (unpaired) electrons. The van der Waals surface area contributed by atoms with Crippen molar-refractivity contribution in [2.45, 2.75) is 6.92 Å². The van der Waals surface area contributed by atoms with Crippen molar-refractivity contribution < 1.29 is 15.0 Å². The molecule has 19 heavy (non-hydrogen) atoms. The highest BCUT2D eigenvalue weighted by Gasteiger charge is 2.13. The average Bonchev–Trinajstić information content (AvgIpc) is 2.35. The van der Waals surface area contributed by atoms with Crippen LogP contribution in [-0.2, 0) is 0 Å². The van der Waals surface area contributed by atoms with Gasteiger partial charge in [-0.3, -0.25) is 4.79 Å². The fourth-order valence-corrected chi connectivity index (χ4v) is 2.12.